The molecule has 1 heterocycles. The monoisotopic (exact) mass is 316 g/mol. The van der Waals surface area contributed by atoms with Crippen LogP contribution in [-0.4, -0.2) is 24.5 Å². The third-order valence-electron chi connectivity index (χ3n) is 3.98. The van der Waals surface area contributed by atoms with Crippen LogP contribution in [0.25, 0.3) is 0 Å². The fourth-order valence-electron chi connectivity index (χ4n) is 2.33. The molecule has 2 rings (SSSR count). The highest BCUT2D eigenvalue weighted by atomic mass is 16.5. The number of carbonyl (C=O) groups excluding carboxylic acids is 2. The largest absolute Gasteiger partial charge is 0.498 e. The van der Waals surface area contributed by atoms with Crippen molar-refractivity contribution < 1.29 is 14.3 Å². The summed E-state index contributed by atoms with van der Waals surface area (Å²) in [7, 11) is 0. The molecule has 0 aliphatic carbocycles. The van der Waals surface area contributed by atoms with Crippen LogP contribution in [0.4, 0.5) is 5.69 Å². The minimum absolute atomic E-state index is 0.101. The molecule has 1 aromatic carbocycles. The Balaban J connectivity index is 2.00. The van der Waals surface area contributed by atoms with Gasteiger partial charge in [-0.05, 0) is 57.4 Å². The maximum Gasteiger partial charge on any atom is 0.254 e. The van der Waals surface area contributed by atoms with Crippen LogP contribution in [0.1, 0.15) is 50.4 Å². The van der Waals surface area contributed by atoms with Gasteiger partial charge in [0.05, 0.1) is 12.2 Å². The Kier molecular flexibility index (Phi) is 5.79. The molecule has 0 aromatic heterocycles. The lowest BCUT2D eigenvalue weighted by Gasteiger charge is -2.18. The molecule has 23 heavy (non-hydrogen) atoms. The summed E-state index contributed by atoms with van der Waals surface area (Å²) in [5.41, 5.74) is 1.94. The summed E-state index contributed by atoms with van der Waals surface area (Å²) >= 11 is 0. The van der Waals surface area contributed by atoms with Crippen molar-refractivity contribution >= 4 is 17.5 Å². The van der Waals surface area contributed by atoms with Crippen molar-refractivity contribution in [3.63, 3.8) is 0 Å². The summed E-state index contributed by atoms with van der Waals surface area (Å²) in [6, 6.07) is 7.05. The molecule has 1 unspecified atom stereocenters. The number of hydrogen-bond donors (Lipinski definition) is 2. The first-order chi connectivity index (χ1) is 11.0. The number of amides is 2. The predicted octanol–water partition coefficient (Wildman–Crippen LogP) is 3.24. The van der Waals surface area contributed by atoms with Gasteiger partial charge in [0, 0.05) is 17.3 Å². The summed E-state index contributed by atoms with van der Waals surface area (Å²) in [6.45, 7) is 6.48. The van der Waals surface area contributed by atoms with Gasteiger partial charge in [0.1, 0.15) is 5.76 Å². The number of anilines is 1. The van der Waals surface area contributed by atoms with E-state index < -0.39 is 0 Å². The number of carbonyl (C=O) groups is 2. The third-order valence-corrected chi connectivity index (χ3v) is 3.98. The number of hydrogen-bond acceptors (Lipinski definition) is 3. The normalized spacial score (nSPS) is 15.6. The average molecular weight is 316 g/mol. The summed E-state index contributed by atoms with van der Waals surface area (Å²) < 4.78 is 5.41. The van der Waals surface area contributed by atoms with E-state index in [1.807, 2.05) is 20.8 Å². The molecule has 1 aliphatic heterocycles. The number of ether oxygens (including phenoxy) is 1. The van der Waals surface area contributed by atoms with Gasteiger partial charge >= 0.3 is 0 Å². The molecule has 5 nitrogen and oxygen atoms in total. The Labute approximate surface area is 137 Å². The van der Waals surface area contributed by atoms with Crippen LogP contribution >= 0.6 is 0 Å². The van der Waals surface area contributed by atoms with Crippen LogP contribution < -0.4 is 10.6 Å². The second kappa shape index (κ2) is 7.81. The first-order valence-corrected chi connectivity index (χ1v) is 8.06. The first kappa shape index (κ1) is 17.1. The van der Waals surface area contributed by atoms with Gasteiger partial charge in [0.25, 0.3) is 11.8 Å². The lowest BCUT2D eigenvalue weighted by atomic mass is 10.1. The van der Waals surface area contributed by atoms with E-state index >= 15 is 0 Å². The van der Waals surface area contributed by atoms with Crippen LogP contribution in [0.2, 0.25) is 0 Å². The van der Waals surface area contributed by atoms with Gasteiger partial charge in [-0.15, -0.1) is 0 Å². The van der Waals surface area contributed by atoms with Gasteiger partial charge < -0.3 is 15.4 Å². The highest BCUT2D eigenvalue weighted by Crippen LogP contribution is 2.20. The molecule has 0 fully saturated rings. The van der Waals surface area contributed by atoms with E-state index in [1.165, 1.54) is 0 Å². The van der Waals surface area contributed by atoms with Crippen molar-refractivity contribution in [3.05, 3.63) is 41.2 Å². The fraction of sp³-hybridized carbons (Fsp3) is 0.444. The standard InChI is InChI=1S/C18H24N2O3/c1-4-12(2)19-17(21)14-7-9-15(10-8-14)20-18(22)16-6-5-11-23-13(16)3/h7-10,12H,4-6,11H2,1-3H3,(H,19,21)(H,20,22). The molecule has 0 saturated carbocycles. The number of allylic oxidation sites excluding steroid dienone is 1. The van der Waals surface area contributed by atoms with Crippen molar-refractivity contribution in [1.29, 1.82) is 0 Å². The number of nitrogens with one attached hydrogen (secondary N) is 2. The maximum atomic E-state index is 12.3. The Morgan fingerprint density at radius 1 is 1.22 bits per heavy atom. The molecule has 0 spiro atoms. The van der Waals surface area contributed by atoms with Gasteiger partial charge in [0.15, 0.2) is 0 Å². The van der Waals surface area contributed by atoms with Crippen molar-refractivity contribution in [2.24, 2.45) is 0 Å². The van der Waals surface area contributed by atoms with E-state index in [0.717, 1.165) is 19.3 Å². The van der Waals surface area contributed by atoms with Crippen molar-refractivity contribution in [1.82, 2.24) is 5.32 Å². The molecule has 0 bridgehead atoms. The summed E-state index contributed by atoms with van der Waals surface area (Å²) in [5.74, 6) is 0.453. The van der Waals surface area contributed by atoms with Gasteiger partial charge in [0.2, 0.25) is 0 Å². The quantitative estimate of drug-likeness (QED) is 0.876. The molecule has 1 aromatic rings. The summed E-state index contributed by atoms with van der Waals surface area (Å²) in [5, 5.41) is 5.76. The van der Waals surface area contributed by atoms with Gasteiger partial charge in [-0.3, -0.25) is 9.59 Å². The van der Waals surface area contributed by atoms with E-state index in [4.69, 9.17) is 4.74 Å². The minimum atomic E-state index is -0.140. The summed E-state index contributed by atoms with van der Waals surface area (Å²) in [4.78, 5) is 24.3. The Morgan fingerprint density at radius 2 is 1.91 bits per heavy atom. The van der Waals surface area contributed by atoms with Crippen LogP contribution in [0.5, 0.6) is 0 Å². The highest BCUT2D eigenvalue weighted by Gasteiger charge is 2.18. The molecule has 2 N–H and O–H groups in total. The van der Waals surface area contributed by atoms with Gasteiger partial charge in [-0.1, -0.05) is 6.92 Å². The van der Waals surface area contributed by atoms with Crippen molar-refractivity contribution in [3.8, 4) is 0 Å². The molecule has 124 valence electrons. The number of rotatable bonds is 5. The molecular weight excluding hydrogens is 292 g/mol. The van der Waals surface area contributed by atoms with E-state index in [1.54, 1.807) is 24.3 Å². The molecule has 1 aliphatic rings. The SMILES string of the molecule is CCC(C)NC(=O)c1ccc(NC(=O)C2=C(C)OCCC2)cc1. The molecule has 0 radical (unpaired) electrons. The van der Waals surface area contributed by atoms with Crippen molar-refractivity contribution in [2.75, 3.05) is 11.9 Å². The lowest BCUT2D eigenvalue weighted by Crippen LogP contribution is -2.31. The van der Waals surface area contributed by atoms with Gasteiger partial charge in [-0.2, -0.15) is 0 Å². The Hall–Kier alpha value is -2.30. The lowest BCUT2D eigenvalue weighted by molar-refractivity contribution is -0.113. The van der Waals surface area contributed by atoms with Crippen LogP contribution in [0, 0.1) is 0 Å². The van der Waals surface area contributed by atoms with Crippen molar-refractivity contribution in [2.45, 2.75) is 46.1 Å². The first-order valence-electron chi connectivity index (χ1n) is 8.06. The Bertz CT molecular complexity index is 605. The topological polar surface area (TPSA) is 67.4 Å². The Morgan fingerprint density at radius 3 is 2.52 bits per heavy atom. The maximum absolute atomic E-state index is 12.3. The molecular formula is C18H24N2O3. The fourth-order valence-corrected chi connectivity index (χ4v) is 2.33. The van der Waals surface area contributed by atoms with Crippen LogP contribution in [-0.2, 0) is 9.53 Å². The smallest absolute Gasteiger partial charge is 0.254 e. The predicted molar refractivity (Wildman–Crippen MR) is 90.2 cm³/mol. The second-order valence-corrected chi connectivity index (χ2v) is 5.80. The van der Waals surface area contributed by atoms with Gasteiger partial charge in [-0.25, -0.2) is 0 Å². The van der Waals surface area contributed by atoms with E-state index in [0.29, 0.717) is 29.2 Å². The molecule has 1 atom stereocenters. The zero-order valence-corrected chi connectivity index (χ0v) is 13.9. The molecule has 2 amide bonds. The van der Waals surface area contributed by atoms with E-state index in [-0.39, 0.29) is 17.9 Å². The van der Waals surface area contributed by atoms with E-state index in [9.17, 15) is 9.59 Å². The zero-order chi connectivity index (χ0) is 16.8. The number of benzene rings is 1. The second-order valence-electron chi connectivity index (χ2n) is 5.80. The highest BCUT2D eigenvalue weighted by molar-refractivity contribution is 6.04. The molecule has 5 heteroatoms. The molecule has 0 saturated heterocycles. The zero-order valence-electron chi connectivity index (χ0n) is 13.9. The summed E-state index contributed by atoms with van der Waals surface area (Å²) in [6.07, 6.45) is 2.47. The minimum Gasteiger partial charge on any atom is -0.498 e. The van der Waals surface area contributed by atoms with E-state index in [2.05, 4.69) is 10.6 Å². The third kappa shape index (κ3) is 4.58. The average Bonchev–Trinajstić information content (AvgIpc) is 2.55. The van der Waals surface area contributed by atoms with Crippen LogP contribution in [0.3, 0.4) is 0 Å². The van der Waals surface area contributed by atoms with Crippen LogP contribution in [0.15, 0.2) is 35.6 Å².